The molecule has 2 amide bonds. The largest absolute Gasteiger partial charge is 0.345 e. The van der Waals surface area contributed by atoms with Crippen LogP contribution in [0, 0.1) is 0 Å². The minimum atomic E-state index is -0.786. The predicted molar refractivity (Wildman–Crippen MR) is 69.7 cm³/mol. The van der Waals surface area contributed by atoms with Crippen molar-refractivity contribution < 1.29 is 9.59 Å². The number of carbonyl (C=O) groups excluding carboxylic acids is 2. The highest BCUT2D eigenvalue weighted by Gasteiger charge is 2.41. The molecule has 1 aliphatic heterocycles. The van der Waals surface area contributed by atoms with Gasteiger partial charge in [0.05, 0.1) is 16.9 Å². The van der Waals surface area contributed by atoms with Gasteiger partial charge in [-0.15, -0.1) is 11.3 Å². The van der Waals surface area contributed by atoms with E-state index in [0.717, 1.165) is 8.66 Å². The summed E-state index contributed by atoms with van der Waals surface area (Å²) in [6.45, 7) is 4.11. The third kappa shape index (κ3) is 2.37. The summed E-state index contributed by atoms with van der Waals surface area (Å²) in [5.74, 6) is -0.146. The fraction of sp³-hybridized carbons (Fsp3) is 0.455. The summed E-state index contributed by atoms with van der Waals surface area (Å²) < 4.78 is 1.03. The topological polar surface area (TPSA) is 49.4 Å². The summed E-state index contributed by atoms with van der Waals surface area (Å²) in [6.07, 6.45) is 0. The molecule has 1 aliphatic rings. The third-order valence-electron chi connectivity index (χ3n) is 2.87. The number of carbonyl (C=O) groups is 2. The van der Waals surface area contributed by atoms with Gasteiger partial charge in [-0.2, -0.15) is 0 Å². The van der Waals surface area contributed by atoms with Crippen molar-refractivity contribution >= 4 is 39.1 Å². The van der Waals surface area contributed by atoms with E-state index in [2.05, 4.69) is 21.2 Å². The molecule has 6 heteroatoms. The fourth-order valence-electron chi connectivity index (χ4n) is 1.78. The highest BCUT2D eigenvalue weighted by molar-refractivity contribution is 9.11. The van der Waals surface area contributed by atoms with E-state index in [1.807, 2.05) is 12.1 Å². The van der Waals surface area contributed by atoms with Crippen LogP contribution in [-0.4, -0.2) is 28.8 Å². The summed E-state index contributed by atoms with van der Waals surface area (Å²) in [5, 5.41) is 2.61. The summed E-state index contributed by atoms with van der Waals surface area (Å²) in [4.78, 5) is 26.3. The number of piperazine rings is 1. The van der Waals surface area contributed by atoms with Gasteiger partial charge in [0, 0.05) is 4.88 Å². The van der Waals surface area contributed by atoms with Crippen molar-refractivity contribution in [1.29, 1.82) is 0 Å². The Kier molecular flexibility index (Phi) is 3.27. The van der Waals surface area contributed by atoms with Gasteiger partial charge in [-0.1, -0.05) is 0 Å². The second-order valence-corrected chi connectivity index (χ2v) is 6.97. The Bertz CT molecular complexity index is 470. The van der Waals surface area contributed by atoms with E-state index >= 15 is 0 Å². The second kappa shape index (κ2) is 4.42. The first-order valence-corrected chi connectivity index (χ1v) is 6.85. The highest BCUT2D eigenvalue weighted by atomic mass is 79.9. The standard InChI is InChI=1S/C11H13BrN2O2S/c1-11(2)10(16)13-5-9(15)14(11)6-7-3-4-8(12)17-7/h3-4H,5-6H2,1-2H3,(H,13,16). The van der Waals surface area contributed by atoms with Crippen LogP contribution in [0.25, 0.3) is 0 Å². The van der Waals surface area contributed by atoms with E-state index < -0.39 is 5.54 Å². The lowest BCUT2D eigenvalue weighted by atomic mass is 9.98. The molecule has 4 nitrogen and oxygen atoms in total. The summed E-state index contributed by atoms with van der Waals surface area (Å²) >= 11 is 4.96. The molecule has 0 bridgehead atoms. The fourth-order valence-corrected chi connectivity index (χ4v) is 3.25. The second-order valence-electron chi connectivity index (χ2n) is 4.43. The first-order chi connectivity index (χ1) is 7.91. The summed E-state index contributed by atoms with van der Waals surface area (Å²) in [5.41, 5.74) is -0.786. The normalized spacial score (nSPS) is 19.4. The molecule has 0 aromatic carbocycles. The molecule has 1 fully saturated rings. The number of halogens is 1. The Morgan fingerprint density at radius 1 is 1.47 bits per heavy atom. The van der Waals surface area contributed by atoms with Crippen molar-refractivity contribution in [1.82, 2.24) is 10.2 Å². The minimum absolute atomic E-state index is 0.0425. The molecular formula is C11H13BrN2O2S. The number of nitrogens with zero attached hydrogens (tertiary/aromatic N) is 1. The third-order valence-corrected chi connectivity index (χ3v) is 4.48. The smallest absolute Gasteiger partial charge is 0.245 e. The highest BCUT2D eigenvalue weighted by Crippen LogP contribution is 2.27. The minimum Gasteiger partial charge on any atom is -0.345 e. The van der Waals surface area contributed by atoms with Crippen LogP contribution >= 0.6 is 27.3 Å². The van der Waals surface area contributed by atoms with Gasteiger partial charge in [-0.3, -0.25) is 9.59 Å². The van der Waals surface area contributed by atoms with Crippen LogP contribution in [0.2, 0.25) is 0 Å². The molecule has 0 saturated carbocycles. The quantitative estimate of drug-likeness (QED) is 0.903. The van der Waals surface area contributed by atoms with Gasteiger partial charge in [-0.05, 0) is 41.9 Å². The van der Waals surface area contributed by atoms with Crippen LogP contribution < -0.4 is 5.32 Å². The van der Waals surface area contributed by atoms with Crippen LogP contribution in [0.4, 0.5) is 0 Å². The molecule has 0 spiro atoms. The molecule has 17 heavy (non-hydrogen) atoms. The van der Waals surface area contributed by atoms with Crippen LogP contribution in [0.5, 0.6) is 0 Å². The molecule has 1 saturated heterocycles. The molecule has 0 aliphatic carbocycles. The van der Waals surface area contributed by atoms with E-state index in [9.17, 15) is 9.59 Å². The first kappa shape index (κ1) is 12.6. The van der Waals surface area contributed by atoms with Crippen molar-refractivity contribution in [2.75, 3.05) is 6.54 Å². The number of rotatable bonds is 2. The molecular weight excluding hydrogens is 304 g/mol. The van der Waals surface area contributed by atoms with Gasteiger partial charge < -0.3 is 10.2 Å². The van der Waals surface area contributed by atoms with Gasteiger partial charge in [0.2, 0.25) is 11.8 Å². The molecule has 1 aromatic heterocycles. The maximum atomic E-state index is 11.9. The van der Waals surface area contributed by atoms with Crippen LogP contribution in [0.1, 0.15) is 18.7 Å². The molecule has 0 atom stereocenters. The molecule has 2 heterocycles. The van der Waals surface area contributed by atoms with Crippen LogP contribution in [0.15, 0.2) is 15.9 Å². The Balaban J connectivity index is 2.22. The van der Waals surface area contributed by atoms with Gasteiger partial charge in [0.1, 0.15) is 5.54 Å². The number of nitrogens with one attached hydrogen (secondary N) is 1. The monoisotopic (exact) mass is 316 g/mol. The zero-order valence-electron chi connectivity index (χ0n) is 9.62. The lowest BCUT2D eigenvalue weighted by molar-refractivity contribution is -0.152. The zero-order chi connectivity index (χ0) is 12.6. The Morgan fingerprint density at radius 2 is 2.18 bits per heavy atom. The maximum absolute atomic E-state index is 11.9. The van der Waals surface area contributed by atoms with Crippen molar-refractivity contribution in [3.05, 3.63) is 20.8 Å². The number of hydrogen-bond acceptors (Lipinski definition) is 3. The Morgan fingerprint density at radius 3 is 2.76 bits per heavy atom. The van der Waals surface area contributed by atoms with Gasteiger partial charge in [0.25, 0.3) is 0 Å². The number of hydrogen-bond donors (Lipinski definition) is 1. The Hall–Kier alpha value is -0.880. The Labute approximate surface area is 112 Å². The number of thiophene rings is 1. The maximum Gasteiger partial charge on any atom is 0.245 e. The number of amides is 2. The summed E-state index contributed by atoms with van der Waals surface area (Å²) in [7, 11) is 0. The molecule has 1 N–H and O–H groups in total. The first-order valence-electron chi connectivity index (χ1n) is 5.24. The predicted octanol–water partition coefficient (Wildman–Crippen LogP) is 1.75. The van der Waals surface area contributed by atoms with E-state index in [0.29, 0.717) is 6.54 Å². The van der Waals surface area contributed by atoms with Crippen molar-refractivity contribution in [3.8, 4) is 0 Å². The zero-order valence-corrected chi connectivity index (χ0v) is 12.0. The molecule has 1 aromatic rings. The van der Waals surface area contributed by atoms with E-state index in [-0.39, 0.29) is 18.4 Å². The van der Waals surface area contributed by atoms with Crippen LogP contribution in [0.3, 0.4) is 0 Å². The molecule has 0 unspecified atom stereocenters. The molecule has 0 radical (unpaired) electrons. The van der Waals surface area contributed by atoms with Gasteiger partial charge in [-0.25, -0.2) is 0 Å². The van der Waals surface area contributed by atoms with Crippen molar-refractivity contribution in [3.63, 3.8) is 0 Å². The molecule has 2 rings (SSSR count). The summed E-state index contributed by atoms with van der Waals surface area (Å²) in [6, 6.07) is 3.91. The average Bonchev–Trinajstić information content (AvgIpc) is 2.66. The van der Waals surface area contributed by atoms with Crippen LogP contribution in [-0.2, 0) is 16.1 Å². The lowest BCUT2D eigenvalue weighted by Crippen LogP contribution is -2.63. The molecule has 92 valence electrons. The van der Waals surface area contributed by atoms with Crippen molar-refractivity contribution in [2.24, 2.45) is 0 Å². The van der Waals surface area contributed by atoms with E-state index in [4.69, 9.17) is 0 Å². The average molecular weight is 317 g/mol. The van der Waals surface area contributed by atoms with E-state index in [1.165, 1.54) is 0 Å². The van der Waals surface area contributed by atoms with Crippen molar-refractivity contribution in [2.45, 2.75) is 25.9 Å². The SMILES string of the molecule is CC1(C)C(=O)NCC(=O)N1Cc1ccc(Br)s1. The van der Waals surface area contributed by atoms with Gasteiger partial charge >= 0.3 is 0 Å². The van der Waals surface area contributed by atoms with Gasteiger partial charge in [0.15, 0.2) is 0 Å². The van der Waals surface area contributed by atoms with E-state index in [1.54, 1.807) is 30.1 Å². The lowest BCUT2D eigenvalue weighted by Gasteiger charge is -2.40.